The molecule has 180 valence electrons. The molecule has 35 heavy (non-hydrogen) atoms. The van der Waals surface area contributed by atoms with Gasteiger partial charge in [0.2, 0.25) is 0 Å². The van der Waals surface area contributed by atoms with Crippen LogP contribution in [0.1, 0.15) is 43.1 Å². The number of anilines is 3. The molecule has 1 saturated heterocycles. The number of carbonyl (C=O) groups is 1. The number of benzene rings is 1. The number of hydrogen-bond acceptors (Lipinski definition) is 8. The van der Waals surface area contributed by atoms with Crippen LogP contribution in [-0.2, 0) is 10.0 Å². The van der Waals surface area contributed by atoms with Crippen molar-refractivity contribution in [3.63, 3.8) is 0 Å². The van der Waals surface area contributed by atoms with Crippen molar-refractivity contribution in [1.29, 1.82) is 5.26 Å². The third-order valence-electron chi connectivity index (χ3n) is 6.51. The molecule has 0 aliphatic carbocycles. The Morgan fingerprint density at radius 3 is 2.63 bits per heavy atom. The second-order valence-corrected chi connectivity index (χ2v) is 10.6. The minimum absolute atomic E-state index is 0.176. The molecule has 1 fully saturated rings. The number of sulfonamides is 1. The number of carbonyl (C=O) groups excluding carboxylic acids is 1. The fourth-order valence-corrected chi connectivity index (χ4v) is 5.02. The maximum atomic E-state index is 13.1. The fourth-order valence-electron chi connectivity index (χ4n) is 4.09. The third-order valence-corrected chi connectivity index (χ3v) is 7.74. The summed E-state index contributed by atoms with van der Waals surface area (Å²) < 4.78 is 28.2. The number of rotatable bonds is 6. The first-order chi connectivity index (χ1) is 16.6. The van der Waals surface area contributed by atoms with Crippen LogP contribution in [0.25, 0.3) is 0 Å². The first-order valence-corrected chi connectivity index (χ1v) is 12.6. The highest BCUT2D eigenvalue weighted by molar-refractivity contribution is 7.90. The van der Waals surface area contributed by atoms with Crippen LogP contribution in [0.2, 0.25) is 0 Å². The first-order valence-electron chi connectivity index (χ1n) is 11.2. The van der Waals surface area contributed by atoms with Gasteiger partial charge in [0.25, 0.3) is 15.9 Å². The predicted octanol–water partition coefficient (Wildman–Crippen LogP) is 3.84. The standard InChI is InChI=1S/C25H26N6O3S/c1-17-13-15-31(25(17,2)3)23-19(9-7-14-27-23)24(32)30-35(33,34)22-12-6-11-21(29-22)28-20-10-5-4-8-18(20)16-26/h4-12,14,17H,13,15H2,1-3H3,(H,28,29)(H,30,32). The molecule has 10 heteroatoms. The highest BCUT2D eigenvalue weighted by Gasteiger charge is 2.40. The summed E-state index contributed by atoms with van der Waals surface area (Å²) in [4.78, 5) is 23.7. The highest BCUT2D eigenvalue weighted by Crippen LogP contribution is 2.38. The van der Waals surface area contributed by atoms with Crippen LogP contribution in [0.5, 0.6) is 0 Å². The van der Waals surface area contributed by atoms with Gasteiger partial charge >= 0.3 is 0 Å². The monoisotopic (exact) mass is 490 g/mol. The van der Waals surface area contributed by atoms with E-state index >= 15 is 0 Å². The number of pyridine rings is 2. The van der Waals surface area contributed by atoms with Gasteiger partial charge in [-0.25, -0.2) is 14.7 Å². The molecule has 0 spiro atoms. The molecule has 1 unspecified atom stereocenters. The minimum Gasteiger partial charge on any atom is -0.351 e. The van der Waals surface area contributed by atoms with Crippen LogP contribution in [0.3, 0.4) is 0 Å². The average molecular weight is 491 g/mol. The normalized spacial score (nSPS) is 17.0. The van der Waals surface area contributed by atoms with Gasteiger partial charge in [-0.05, 0) is 62.6 Å². The highest BCUT2D eigenvalue weighted by atomic mass is 32.2. The lowest BCUT2D eigenvalue weighted by molar-refractivity contribution is 0.0981. The zero-order chi connectivity index (χ0) is 25.2. The maximum Gasteiger partial charge on any atom is 0.281 e. The van der Waals surface area contributed by atoms with E-state index in [9.17, 15) is 18.5 Å². The van der Waals surface area contributed by atoms with E-state index in [0.29, 0.717) is 23.0 Å². The molecule has 3 aromatic rings. The van der Waals surface area contributed by atoms with E-state index in [4.69, 9.17) is 0 Å². The smallest absolute Gasteiger partial charge is 0.281 e. The number of aromatic nitrogens is 2. The molecule has 1 aliphatic heterocycles. The van der Waals surface area contributed by atoms with Gasteiger partial charge in [0.15, 0.2) is 5.03 Å². The summed E-state index contributed by atoms with van der Waals surface area (Å²) in [5, 5.41) is 11.9. The van der Waals surface area contributed by atoms with Gasteiger partial charge in [-0.1, -0.05) is 25.1 Å². The summed E-state index contributed by atoms with van der Waals surface area (Å²) in [5.74, 6) is 0.275. The number of nitriles is 1. The van der Waals surface area contributed by atoms with Crippen LogP contribution < -0.4 is 14.9 Å². The largest absolute Gasteiger partial charge is 0.351 e. The predicted molar refractivity (Wildman–Crippen MR) is 133 cm³/mol. The second kappa shape index (κ2) is 9.35. The number of amides is 1. The van der Waals surface area contributed by atoms with Crippen molar-refractivity contribution < 1.29 is 13.2 Å². The number of nitrogens with one attached hydrogen (secondary N) is 2. The van der Waals surface area contributed by atoms with E-state index in [1.807, 2.05) is 0 Å². The SMILES string of the molecule is CC1CCN(c2ncccc2C(=O)NS(=O)(=O)c2cccc(Nc3ccccc3C#N)n2)C1(C)C. The molecule has 0 saturated carbocycles. The lowest BCUT2D eigenvalue weighted by Crippen LogP contribution is -2.43. The van der Waals surface area contributed by atoms with Crippen LogP contribution >= 0.6 is 0 Å². The Morgan fingerprint density at radius 2 is 1.91 bits per heavy atom. The summed E-state index contributed by atoms with van der Waals surface area (Å²) in [6.07, 6.45) is 2.54. The molecule has 1 atom stereocenters. The van der Waals surface area contributed by atoms with E-state index in [1.165, 1.54) is 12.1 Å². The van der Waals surface area contributed by atoms with Gasteiger partial charge in [-0.2, -0.15) is 13.7 Å². The number of hydrogen-bond donors (Lipinski definition) is 2. The third kappa shape index (κ3) is 4.81. The minimum atomic E-state index is -4.28. The fraction of sp³-hybridized carbons (Fsp3) is 0.280. The number of nitrogens with zero attached hydrogens (tertiary/aromatic N) is 4. The van der Waals surface area contributed by atoms with E-state index < -0.39 is 15.9 Å². The summed E-state index contributed by atoms with van der Waals surface area (Å²) in [6.45, 7) is 7.04. The van der Waals surface area contributed by atoms with Crippen LogP contribution in [-0.4, -0.2) is 36.4 Å². The van der Waals surface area contributed by atoms with E-state index in [0.717, 1.165) is 13.0 Å². The van der Waals surface area contributed by atoms with Gasteiger partial charge in [-0.15, -0.1) is 0 Å². The first kappa shape index (κ1) is 24.2. The Kier molecular flexibility index (Phi) is 6.45. The maximum absolute atomic E-state index is 13.1. The molecule has 1 amide bonds. The van der Waals surface area contributed by atoms with Crippen molar-refractivity contribution in [2.45, 2.75) is 37.8 Å². The molecule has 0 radical (unpaired) electrons. The summed E-state index contributed by atoms with van der Waals surface area (Å²) in [7, 11) is -4.28. The molecule has 1 aliphatic rings. The van der Waals surface area contributed by atoms with Gasteiger partial charge in [0, 0.05) is 18.3 Å². The Morgan fingerprint density at radius 1 is 1.14 bits per heavy atom. The van der Waals surface area contributed by atoms with Crippen molar-refractivity contribution >= 4 is 33.3 Å². The van der Waals surface area contributed by atoms with E-state index in [-0.39, 0.29) is 21.9 Å². The Balaban J connectivity index is 1.59. The molecule has 3 heterocycles. The molecule has 1 aromatic carbocycles. The van der Waals surface area contributed by atoms with Crippen molar-refractivity contribution in [1.82, 2.24) is 14.7 Å². The molecular weight excluding hydrogens is 464 g/mol. The Hall–Kier alpha value is -3.97. The van der Waals surface area contributed by atoms with Crippen LogP contribution in [0, 0.1) is 17.2 Å². The lowest BCUT2D eigenvalue weighted by Gasteiger charge is -2.36. The lowest BCUT2D eigenvalue weighted by atomic mass is 9.90. The van der Waals surface area contributed by atoms with Crippen LogP contribution in [0.15, 0.2) is 65.8 Å². The quantitative estimate of drug-likeness (QED) is 0.533. The molecule has 2 N–H and O–H groups in total. The van der Waals surface area contributed by atoms with E-state index in [1.54, 1.807) is 48.7 Å². The van der Waals surface area contributed by atoms with Crippen molar-refractivity contribution in [3.8, 4) is 6.07 Å². The summed E-state index contributed by atoms with van der Waals surface area (Å²) in [6, 6.07) is 16.4. The van der Waals surface area contributed by atoms with E-state index in [2.05, 4.69) is 51.7 Å². The van der Waals surface area contributed by atoms with Crippen molar-refractivity contribution in [2.75, 3.05) is 16.8 Å². The van der Waals surface area contributed by atoms with Crippen molar-refractivity contribution in [3.05, 3.63) is 71.9 Å². The van der Waals surface area contributed by atoms with Crippen molar-refractivity contribution in [2.24, 2.45) is 5.92 Å². The molecule has 4 rings (SSSR count). The summed E-state index contributed by atoms with van der Waals surface area (Å²) >= 11 is 0. The molecular formula is C25H26N6O3S. The topological polar surface area (TPSA) is 128 Å². The van der Waals surface area contributed by atoms with Gasteiger partial charge in [0.1, 0.15) is 17.7 Å². The van der Waals surface area contributed by atoms with Crippen LogP contribution in [0.4, 0.5) is 17.3 Å². The Bertz CT molecular complexity index is 1410. The van der Waals surface area contributed by atoms with Gasteiger partial charge in [-0.3, -0.25) is 4.79 Å². The zero-order valence-corrected chi connectivity index (χ0v) is 20.5. The second-order valence-electron chi connectivity index (χ2n) is 8.95. The molecule has 0 bridgehead atoms. The van der Waals surface area contributed by atoms with Gasteiger partial charge in [0.05, 0.1) is 16.8 Å². The zero-order valence-electron chi connectivity index (χ0n) is 19.7. The number of para-hydroxylation sites is 1. The molecule has 2 aromatic heterocycles. The Labute approximate surface area is 204 Å². The van der Waals surface area contributed by atoms with Gasteiger partial charge < -0.3 is 10.2 Å². The molecule has 9 nitrogen and oxygen atoms in total. The summed E-state index contributed by atoms with van der Waals surface area (Å²) in [5.41, 5.74) is 0.821. The average Bonchev–Trinajstić information content (AvgIpc) is 3.11.